The van der Waals surface area contributed by atoms with Gasteiger partial charge in [0.05, 0.1) is 83.6 Å². The minimum absolute atomic E-state index is 0.840. The van der Waals surface area contributed by atoms with Crippen molar-refractivity contribution in [1.29, 1.82) is 0 Å². The van der Waals surface area contributed by atoms with E-state index in [1.807, 2.05) is 0 Å². The standard InChI is InChI=1S/C71H119N3O52/c1-17-36(89)44(97)48(101)64(109-17)121-57-34(73-21(5)83)62(115-30(14-80)54(57)119-68-52(105)60(42(95)29(13-79)113-68)126-71(70(106)107)8-27(112-23(7)85)33(72-20(4)82)56(125-71)40(93)25(87)10-76)108-16-32-43(96)59(51(104)67(117-32)118-53(26(88)11-77)39(92)24(86)9-75)123-63-35(74-22(6)84)58(122-65-49(102)45(98)37(90)18(2)110-65)55(31(15-81)116-63)120-69-61(47(100)41(94)28(12-78)114-69)124-66-50(103)46(99)38(91)19(3)111-66/h17-19,24-69,75-81,86-105H,8-16H2,1-7H3,(H,72,82)(H,73,83)(H,74,84)(H,106,107)/t17-,18-,19-,24-,25+,26+,27-,28+,29+,30+,31+,32+,33+,34+,35+,36+,37+,38+,39+,40+,41-,42-,43-,44+,45+,46+,47-,48-,49-,50-,51+,52+,53+,54+,55+,56+,57+,58+,59-,60-,61+,62+,63-,64-,65-,66-,67-,68-,69-,71-/m0/s1. The second-order valence-electron chi connectivity index (χ2n) is 32.0. The molecule has 9 rings (SSSR count). The number of carbonyl (C=O) groups excluding carboxylic acids is 4. The van der Waals surface area contributed by atoms with Gasteiger partial charge in [0.2, 0.25) is 17.7 Å². The normalized spacial score (nSPS) is 46.3. The Bertz CT molecular complexity index is 3430. The van der Waals surface area contributed by atoms with Crippen molar-refractivity contribution in [3.63, 3.8) is 0 Å². The Morgan fingerprint density at radius 1 is 0.373 bits per heavy atom. The number of aliphatic hydroxyl groups is 27. The topological polar surface area (TPSA) is 863 Å². The molecule has 50 atom stereocenters. The lowest BCUT2D eigenvalue weighted by Crippen LogP contribution is -2.72. The first-order chi connectivity index (χ1) is 59.3. The summed E-state index contributed by atoms with van der Waals surface area (Å²) in [5.74, 6) is -9.85. The van der Waals surface area contributed by atoms with Crippen LogP contribution in [0.2, 0.25) is 0 Å². The van der Waals surface area contributed by atoms with Crippen LogP contribution in [0.4, 0.5) is 0 Å². The lowest BCUT2D eigenvalue weighted by Gasteiger charge is -2.52. The minimum atomic E-state index is -3.41. The molecule has 0 spiro atoms. The molecule has 126 heavy (non-hydrogen) atoms. The molecule has 0 aromatic heterocycles. The van der Waals surface area contributed by atoms with Gasteiger partial charge in [-0.1, -0.05) is 0 Å². The molecule has 31 N–H and O–H groups in total. The Labute approximate surface area is 714 Å². The minimum Gasteiger partial charge on any atom is -0.477 e. The van der Waals surface area contributed by atoms with Crippen LogP contribution in [-0.2, 0) is 114 Å². The van der Waals surface area contributed by atoms with Crippen LogP contribution in [-0.4, -0.2) is 532 Å². The maximum atomic E-state index is 13.7. The SMILES string of the molecule is CC(=O)N[C@H]1[C@H](OC[C@H]2O[C@@H](O[C@@H]([C@H](O)[C@@H](O)CO)[C@H](O)CO)[C@H](O)[C@@H](O[C@@H]3O[C@H](CO)[C@@H](O[C@@H]4O[C@H](CO)[C@H](O)[C@H](O)[C@H]4O[C@@H]4O[C@@H](C)[C@@H](O)[C@@H](O)[C@@H]4O)[C@H](O[C@@H]4O[C@@H](C)[C@@H](O)[C@@H](O)[C@@H]4O)[C@H]3NC(C)=O)[C@H]2O)O[C@H](CO)[C@@H](O[C@@H]2O[C@H](CO)[C@H](O)[C@H](O[C@]3(C(=O)O)C[C@H](OC(C)=O)[C@@H](NC(C)=O)[C@H]([C@H](O)[C@H](O)CO)O3)[C@H]2O)[C@@H]1O[C@@H]1O[C@@H](C)[C@@H](O)[C@@H](O)[C@@H]1O. The number of carboxylic acids is 1. The molecule has 9 saturated heterocycles. The van der Waals surface area contributed by atoms with Crippen molar-refractivity contribution in [2.45, 2.75) is 361 Å². The Hall–Kier alpha value is -4.45. The maximum Gasteiger partial charge on any atom is 0.364 e. The van der Waals surface area contributed by atoms with Crippen molar-refractivity contribution in [2.75, 3.05) is 52.9 Å². The molecule has 0 bridgehead atoms. The van der Waals surface area contributed by atoms with Crippen LogP contribution < -0.4 is 16.0 Å². The molecule has 0 radical (unpaired) electrons. The van der Waals surface area contributed by atoms with Crippen molar-refractivity contribution < 1.29 is 257 Å². The van der Waals surface area contributed by atoms with E-state index in [0.717, 1.165) is 27.7 Å². The molecular weight excluding hydrogens is 1730 g/mol. The third-order valence-corrected chi connectivity index (χ3v) is 22.9. The second-order valence-corrected chi connectivity index (χ2v) is 32.0. The average molecular weight is 1850 g/mol. The van der Waals surface area contributed by atoms with E-state index >= 15 is 0 Å². The summed E-state index contributed by atoms with van der Waals surface area (Å²) in [6.07, 6.45) is -102. The molecule has 9 heterocycles. The van der Waals surface area contributed by atoms with Crippen molar-refractivity contribution in [1.82, 2.24) is 16.0 Å². The number of carbonyl (C=O) groups is 5. The number of hydrogen-bond donors (Lipinski definition) is 31. The lowest BCUT2D eigenvalue weighted by atomic mass is 9.87. The van der Waals surface area contributed by atoms with Gasteiger partial charge in [-0.3, -0.25) is 19.2 Å². The van der Waals surface area contributed by atoms with Crippen LogP contribution >= 0.6 is 0 Å². The molecule has 0 saturated carbocycles. The smallest absolute Gasteiger partial charge is 0.364 e. The average Bonchev–Trinajstić information content (AvgIpc) is 0.748. The molecular formula is C71H119N3O52. The number of carboxylic acid groups (broad SMARTS) is 1. The monoisotopic (exact) mass is 1850 g/mol. The Kier molecular flexibility index (Phi) is 38.0. The second kappa shape index (κ2) is 45.5. The van der Waals surface area contributed by atoms with Crippen LogP contribution in [0, 0.1) is 0 Å². The highest BCUT2D eigenvalue weighted by Crippen LogP contribution is 2.43. The zero-order valence-corrected chi connectivity index (χ0v) is 68.5. The van der Waals surface area contributed by atoms with Gasteiger partial charge in [-0.2, -0.15) is 0 Å². The maximum absolute atomic E-state index is 13.7. The number of amides is 3. The highest BCUT2D eigenvalue weighted by atomic mass is 16.8. The fourth-order valence-electron chi connectivity index (χ4n) is 16.0. The molecule has 9 aliphatic heterocycles. The van der Waals surface area contributed by atoms with Gasteiger partial charge >= 0.3 is 11.9 Å². The number of aliphatic carboxylic acids is 1. The van der Waals surface area contributed by atoms with E-state index in [2.05, 4.69) is 16.0 Å². The van der Waals surface area contributed by atoms with E-state index in [1.165, 1.54) is 20.8 Å². The Balaban J connectivity index is 1.11. The number of esters is 1. The Morgan fingerprint density at radius 2 is 0.754 bits per heavy atom. The zero-order chi connectivity index (χ0) is 93.6. The van der Waals surface area contributed by atoms with Gasteiger partial charge in [-0.05, 0) is 20.8 Å². The van der Waals surface area contributed by atoms with Gasteiger partial charge in [0.15, 0.2) is 50.3 Å². The number of hydrogen-bond acceptors (Lipinski definition) is 51. The van der Waals surface area contributed by atoms with Crippen LogP contribution in [0.3, 0.4) is 0 Å². The van der Waals surface area contributed by atoms with Crippen LogP contribution in [0.15, 0.2) is 0 Å². The third kappa shape index (κ3) is 23.5. The van der Waals surface area contributed by atoms with E-state index in [9.17, 15) is 167 Å². The number of ether oxygens (including phenoxy) is 19. The van der Waals surface area contributed by atoms with Gasteiger partial charge in [-0.15, -0.1) is 0 Å². The van der Waals surface area contributed by atoms with E-state index in [-0.39, 0.29) is 0 Å². The summed E-state index contributed by atoms with van der Waals surface area (Å²) >= 11 is 0. The van der Waals surface area contributed by atoms with Gasteiger partial charge in [-0.25, -0.2) is 4.79 Å². The zero-order valence-electron chi connectivity index (χ0n) is 68.5. The number of rotatable bonds is 36. The fourth-order valence-corrected chi connectivity index (χ4v) is 16.0. The van der Waals surface area contributed by atoms with Crippen molar-refractivity contribution in [3.8, 4) is 0 Å². The molecule has 9 fully saturated rings. The molecule has 730 valence electrons. The van der Waals surface area contributed by atoms with Crippen molar-refractivity contribution in [3.05, 3.63) is 0 Å². The van der Waals surface area contributed by atoms with E-state index < -0.39 is 395 Å². The summed E-state index contributed by atoms with van der Waals surface area (Å²) in [7, 11) is 0. The van der Waals surface area contributed by atoms with Gasteiger partial charge < -0.3 is 249 Å². The van der Waals surface area contributed by atoms with Crippen LogP contribution in [0.5, 0.6) is 0 Å². The summed E-state index contributed by atoms with van der Waals surface area (Å²) < 4.78 is 114. The van der Waals surface area contributed by atoms with E-state index in [0.29, 0.717) is 0 Å². The molecule has 0 aliphatic carbocycles. The first-order valence-corrected chi connectivity index (χ1v) is 40.2. The molecule has 9 aliphatic rings. The predicted molar refractivity (Wildman–Crippen MR) is 389 cm³/mol. The predicted octanol–water partition coefficient (Wildman–Crippen LogP) is -19.9. The van der Waals surface area contributed by atoms with Crippen molar-refractivity contribution in [2.24, 2.45) is 0 Å². The van der Waals surface area contributed by atoms with Crippen molar-refractivity contribution >= 4 is 29.7 Å². The number of nitrogens with one attached hydrogen (secondary N) is 3. The largest absolute Gasteiger partial charge is 0.477 e. The first-order valence-electron chi connectivity index (χ1n) is 40.2. The molecule has 55 nitrogen and oxygen atoms in total. The quantitative estimate of drug-likeness (QED) is 0.0259. The summed E-state index contributed by atoms with van der Waals surface area (Å²) in [5.41, 5.74) is 0. The molecule has 0 aromatic rings. The highest BCUT2D eigenvalue weighted by molar-refractivity contribution is 5.77. The molecule has 0 unspecified atom stereocenters. The third-order valence-electron chi connectivity index (χ3n) is 22.9. The Morgan fingerprint density at radius 3 is 1.21 bits per heavy atom. The fraction of sp³-hybridized carbons (Fsp3) is 0.930. The van der Waals surface area contributed by atoms with Crippen LogP contribution in [0.25, 0.3) is 0 Å². The summed E-state index contributed by atoms with van der Waals surface area (Å²) in [5, 5.41) is 319. The van der Waals surface area contributed by atoms with Crippen LogP contribution in [0.1, 0.15) is 54.9 Å². The first kappa shape index (κ1) is 105. The summed E-state index contributed by atoms with van der Waals surface area (Å²) in [6.45, 7) is -3.15. The lowest BCUT2D eigenvalue weighted by molar-refractivity contribution is -0.401. The highest BCUT2D eigenvalue weighted by Gasteiger charge is 2.65. The molecule has 0 aromatic carbocycles. The van der Waals surface area contributed by atoms with Gasteiger partial charge in [0, 0.05) is 27.7 Å². The summed E-state index contributed by atoms with van der Waals surface area (Å²) in [4.78, 5) is 66.4. The summed E-state index contributed by atoms with van der Waals surface area (Å²) in [6, 6.07) is -6.08. The molecule has 55 heteroatoms. The van der Waals surface area contributed by atoms with Gasteiger partial charge in [0.25, 0.3) is 5.79 Å². The van der Waals surface area contributed by atoms with E-state index in [1.54, 1.807) is 0 Å². The molecule has 3 amide bonds. The van der Waals surface area contributed by atoms with E-state index in [4.69, 9.17) is 90.0 Å². The number of aliphatic hydroxyl groups excluding tert-OH is 27. The van der Waals surface area contributed by atoms with Gasteiger partial charge in [0.1, 0.15) is 226 Å².